The van der Waals surface area contributed by atoms with Gasteiger partial charge >= 0.3 is 0 Å². The highest BCUT2D eigenvalue weighted by atomic mass is 16.5. The number of nitrogens with zero attached hydrogens (tertiary/aromatic N) is 1. The van der Waals surface area contributed by atoms with E-state index < -0.39 is 0 Å². The van der Waals surface area contributed by atoms with Crippen molar-refractivity contribution in [2.45, 2.75) is 58.0 Å². The van der Waals surface area contributed by atoms with Crippen LogP contribution in [0.5, 0.6) is 0 Å². The maximum Gasteiger partial charge on any atom is 0.149 e. The molecule has 0 aromatic carbocycles. The number of rotatable bonds is 5. The second-order valence-corrected chi connectivity index (χ2v) is 4.91. The van der Waals surface area contributed by atoms with Gasteiger partial charge in [-0.15, -0.1) is 0 Å². The van der Waals surface area contributed by atoms with Crippen molar-refractivity contribution in [3.8, 4) is 0 Å². The van der Waals surface area contributed by atoms with Gasteiger partial charge in [-0.1, -0.05) is 12.8 Å². The molecule has 1 aliphatic rings. The number of Topliss-reactive ketones (excluding diaryl/α,β-unsaturated/α-hetero) is 1. The fourth-order valence-electron chi connectivity index (χ4n) is 2.46. The minimum absolute atomic E-state index is 0.137. The van der Waals surface area contributed by atoms with E-state index in [1.54, 1.807) is 7.11 Å². The first-order valence-electron chi connectivity index (χ1n) is 6.44. The lowest BCUT2D eigenvalue weighted by molar-refractivity contribution is -0.125. The van der Waals surface area contributed by atoms with Crippen molar-refractivity contribution in [2.75, 3.05) is 20.3 Å². The van der Waals surface area contributed by atoms with Crippen LogP contribution in [0.2, 0.25) is 0 Å². The van der Waals surface area contributed by atoms with Crippen molar-refractivity contribution in [3.63, 3.8) is 0 Å². The summed E-state index contributed by atoms with van der Waals surface area (Å²) < 4.78 is 5.13. The lowest BCUT2D eigenvalue weighted by Crippen LogP contribution is -2.46. The molecule has 3 heteroatoms. The normalized spacial score (nSPS) is 22.8. The Balaban J connectivity index is 2.62. The maximum absolute atomic E-state index is 12.0. The Bertz CT molecular complexity index is 216. The molecule has 1 fully saturated rings. The Hall–Kier alpha value is -0.410. The smallest absolute Gasteiger partial charge is 0.149 e. The van der Waals surface area contributed by atoms with Gasteiger partial charge in [0, 0.05) is 26.1 Å². The summed E-state index contributed by atoms with van der Waals surface area (Å²) in [5, 5.41) is 0. The third kappa shape index (κ3) is 3.87. The summed E-state index contributed by atoms with van der Waals surface area (Å²) in [6, 6.07) is 0.555. The first-order valence-corrected chi connectivity index (χ1v) is 6.44. The summed E-state index contributed by atoms with van der Waals surface area (Å²) in [7, 11) is 1.72. The molecule has 0 amide bonds. The predicted molar refractivity (Wildman–Crippen MR) is 65.6 cm³/mol. The number of hydrogen-bond donors (Lipinski definition) is 0. The van der Waals surface area contributed by atoms with Gasteiger partial charge in [0.15, 0.2) is 0 Å². The summed E-state index contributed by atoms with van der Waals surface area (Å²) in [6.07, 6.45) is 5.26. The zero-order valence-corrected chi connectivity index (χ0v) is 10.9. The molecule has 0 aromatic heterocycles. The fraction of sp³-hybridized carbons (Fsp3) is 0.923. The van der Waals surface area contributed by atoms with E-state index in [1.165, 1.54) is 12.8 Å². The fourth-order valence-corrected chi connectivity index (χ4v) is 2.46. The van der Waals surface area contributed by atoms with E-state index in [-0.39, 0.29) is 6.04 Å². The Labute approximate surface area is 99.1 Å². The molecule has 0 radical (unpaired) electrons. The molecule has 16 heavy (non-hydrogen) atoms. The zero-order valence-electron chi connectivity index (χ0n) is 10.9. The van der Waals surface area contributed by atoms with Gasteiger partial charge in [0.25, 0.3) is 0 Å². The molecule has 3 nitrogen and oxygen atoms in total. The van der Waals surface area contributed by atoms with E-state index >= 15 is 0 Å². The summed E-state index contributed by atoms with van der Waals surface area (Å²) in [5.74, 6) is 0.433. The molecular formula is C13H25NO2. The molecule has 0 saturated heterocycles. The van der Waals surface area contributed by atoms with Crippen molar-refractivity contribution in [2.24, 2.45) is 0 Å². The van der Waals surface area contributed by atoms with E-state index in [1.807, 2.05) is 0 Å². The number of carbonyl (C=O) groups is 1. The van der Waals surface area contributed by atoms with Gasteiger partial charge in [0.05, 0.1) is 12.6 Å². The van der Waals surface area contributed by atoms with E-state index in [0.717, 1.165) is 25.8 Å². The zero-order chi connectivity index (χ0) is 12.0. The largest absolute Gasteiger partial charge is 0.383 e. The van der Waals surface area contributed by atoms with Crippen LogP contribution in [-0.2, 0) is 9.53 Å². The Morgan fingerprint density at radius 3 is 2.75 bits per heavy atom. The van der Waals surface area contributed by atoms with Gasteiger partial charge < -0.3 is 4.74 Å². The van der Waals surface area contributed by atoms with E-state index in [0.29, 0.717) is 18.4 Å². The maximum atomic E-state index is 12.0. The number of methoxy groups -OCH3 is 1. The van der Waals surface area contributed by atoms with Crippen molar-refractivity contribution in [1.82, 2.24) is 4.90 Å². The van der Waals surface area contributed by atoms with Gasteiger partial charge in [0.2, 0.25) is 0 Å². The average Bonchev–Trinajstić information content (AvgIpc) is 2.44. The Kier molecular flexibility index (Phi) is 5.99. The SMILES string of the molecule is COCCN(C(C)C)C1CCCCCC1=O. The second kappa shape index (κ2) is 7.02. The van der Waals surface area contributed by atoms with Crippen LogP contribution in [-0.4, -0.2) is 43.0 Å². The second-order valence-electron chi connectivity index (χ2n) is 4.91. The number of ether oxygens (including phenoxy) is 1. The summed E-state index contributed by atoms with van der Waals surface area (Å²) in [4.78, 5) is 14.3. The number of ketones is 1. The van der Waals surface area contributed by atoms with Crippen LogP contribution in [0, 0.1) is 0 Å². The van der Waals surface area contributed by atoms with Crippen LogP contribution < -0.4 is 0 Å². The molecule has 1 rings (SSSR count). The van der Waals surface area contributed by atoms with Gasteiger partial charge in [-0.3, -0.25) is 9.69 Å². The highest BCUT2D eigenvalue weighted by Gasteiger charge is 2.28. The first-order chi connectivity index (χ1) is 7.66. The summed E-state index contributed by atoms with van der Waals surface area (Å²) in [6.45, 7) is 5.90. The van der Waals surface area contributed by atoms with Crippen LogP contribution in [0.3, 0.4) is 0 Å². The number of carbonyl (C=O) groups excluding carboxylic acids is 1. The van der Waals surface area contributed by atoms with Crippen LogP contribution in [0.15, 0.2) is 0 Å². The molecule has 0 heterocycles. The number of hydrogen-bond acceptors (Lipinski definition) is 3. The van der Waals surface area contributed by atoms with E-state index in [4.69, 9.17) is 4.74 Å². The molecule has 0 aliphatic heterocycles. The molecule has 0 bridgehead atoms. The molecule has 1 aliphatic carbocycles. The van der Waals surface area contributed by atoms with Crippen LogP contribution in [0.1, 0.15) is 46.0 Å². The Morgan fingerprint density at radius 1 is 1.38 bits per heavy atom. The monoisotopic (exact) mass is 227 g/mol. The highest BCUT2D eigenvalue weighted by molar-refractivity contribution is 5.84. The quantitative estimate of drug-likeness (QED) is 0.675. The summed E-state index contributed by atoms with van der Waals surface area (Å²) in [5.41, 5.74) is 0. The minimum atomic E-state index is 0.137. The standard InChI is InChI=1S/C13H25NO2/c1-11(2)14(9-10-16-3)12-7-5-4-6-8-13(12)15/h11-12H,4-10H2,1-3H3. The van der Waals surface area contributed by atoms with Crippen molar-refractivity contribution in [1.29, 1.82) is 0 Å². The van der Waals surface area contributed by atoms with Crippen LogP contribution >= 0.6 is 0 Å². The highest BCUT2D eigenvalue weighted by Crippen LogP contribution is 2.20. The van der Waals surface area contributed by atoms with Crippen molar-refractivity contribution < 1.29 is 9.53 Å². The topological polar surface area (TPSA) is 29.5 Å². The van der Waals surface area contributed by atoms with Gasteiger partial charge in [0.1, 0.15) is 5.78 Å². The predicted octanol–water partition coefficient (Wildman–Crippen LogP) is 2.25. The average molecular weight is 227 g/mol. The van der Waals surface area contributed by atoms with Gasteiger partial charge in [-0.05, 0) is 26.7 Å². The first kappa shape index (κ1) is 13.7. The van der Waals surface area contributed by atoms with Crippen molar-refractivity contribution in [3.05, 3.63) is 0 Å². The molecule has 1 unspecified atom stereocenters. The third-order valence-corrected chi connectivity index (χ3v) is 3.39. The van der Waals surface area contributed by atoms with Gasteiger partial charge in [-0.2, -0.15) is 0 Å². The molecule has 0 N–H and O–H groups in total. The molecule has 1 atom stereocenters. The molecule has 94 valence electrons. The van der Waals surface area contributed by atoms with Gasteiger partial charge in [-0.25, -0.2) is 0 Å². The lowest BCUT2D eigenvalue weighted by atomic mass is 10.0. The van der Waals surface area contributed by atoms with Crippen molar-refractivity contribution >= 4 is 5.78 Å². The summed E-state index contributed by atoms with van der Waals surface area (Å²) >= 11 is 0. The van der Waals surface area contributed by atoms with Crippen LogP contribution in [0.4, 0.5) is 0 Å². The molecule has 1 saturated carbocycles. The Morgan fingerprint density at radius 2 is 2.12 bits per heavy atom. The lowest BCUT2D eigenvalue weighted by Gasteiger charge is -2.33. The molecule has 0 aromatic rings. The minimum Gasteiger partial charge on any atom is -0.383 e. The van der Waals surface area contributed by atoms with E-state index in [2.05, 4.69) is 18.7 Å². The van der Waals surface area contributed by atoms with E-state index in [9.17, 15) is 4.79 Å². The molecular weight excluding hydrogens is 202 g/mol. The third-order valence-electron chi connectivity index (χ3n) is 3.39. The molecule has 0 spiro atoms. The van der Waals surface area contributed by atoms with Crippen LogP contribution in [0.25, 0.3) is 0 Å².